The molecule has 2 heterocycles. The molecule has 4 N–H and O–H groups in total. The van der Waals surface area contributed by atoms with E-state index in [9.17, 15) is 15.3 Å². The number of fused-ring (bicyclic) bond motifs is 1. The van der Waals surface area contributed by atoms with Crippen molar-refractivity contribution in [2.75, 3.05) is 7.11 Å². The van der Waals surface area contributed by atoms with E-state index in [1.54, 1.807) is 35.2 Å². The molecule has 2 aromatic heterocycles. The Labute approximate surface area is 164 Å². The lowest BCUT2D eigenvalue weighted by atomic mass is 9.92. The molecule has 0 saturated heterocycles. The van der Waals surface area contributed by atoms with Crippen LogP contribution in [0.15, 0.2) is 42.1 Å². The minimum absolute atomic E-state index is 0.306. The van der Waals surface area contributed by atoms with Gasteiger partial charge in [0.2, 0.25) is 5.49 Å². The zero-order chi connectivity index (χ0) is 19.8. The Morgan fingerprint density at radius 2 is 2.00 bits per heavy atom. The number of imidazole rings is 1. The number of halogens is 1. The van der Waals surface area contributed by atoms with Gasteiger partial charge >= 0.3 is 0 Å². The summed E-state index contributed by atoms with van der Waals surface area (Å²) < 4.78 is 1.73. The van der Waals surface area contributed by atoms with Crippen molar-refractivity contribution in [3.8, 4) is 0 Å². The van der Waals surface area contributed by atoms with Crippen LogP contribution in [0.2, 0.25) is 5.02 Å². The Balaban J connectivity index is 1.67. The SMILES string of the molecule is CO/N=c1/nc[nH]c2c1ncn2[C@@H]1C[C@H]([C@H](O)c2ccc(Cl)cc2)[C@@H](O)[C@H]1O. The first kappa shape index (κ1) is 18.9. The maximum Gasteiger partial charge on any atom is 0.222 e. The standard InChI is InChI=1S/C18H20ClN5O4/c1-28-23-17-13-18(21-7-20-17)24(8-22-13)12-6-11(15(26)16(12)27)14(25)9-2-4-10(19)5-3-9/h2-5,7-8,11-12,14-16,25-27H,6H2,1H3,(H,20,21,23)/t11-,12-,14-,15-,16+/m1/s1. The Morgan fingerprint density at radius 3 is 2.71 bits per heavy atom. The Hall–Kier alpha value is -2.46. The second-order valence-electron chi connectivity index (χ2n) is 6.79. The number of hydrogen-bond donors (Lipinski definition) is 4. The molecule has 0 aliphatic heterocycles. The van der Waals surface area contributed by atoms with Gasteiger partial charge in [0.25, 0.3) is 0 Å². The number of nitrogens with one attached hydrogen (secondary N) is 1. The predicted molar refractivity (Wildman–Crippen MR) is 100 cm³/mol. The molecule has 148 valence electrons. The maximum absolute atomic E-state index is 10.8. The largest absolute Gasteiger partial charge is 0.397 e. The molecule has 1 fully saturated rings. The van der Waals surface area contributed by atoms with E-state index in [1.807, 2.05) is 0 Å². The number of nitrogens with zero attached hydrogens (tertiary/aromatic N) is 4. The minimum atomic E-state index is -1.10. The van der Waals surface area contributed by atoms with Crippen LogP contribution in [0.3, 0.4) is 0 Å². The molecule has 0 radical (unpaired) electrons. The molecular weight excluding hydrogens is 386 g/mol. The van der Waals surface area contributed by atoms with Crippen LogP contribution in [0.5, 0.6) is 0 Å². The Kier molecular flexibility index (Phi) is 5.07. The zero-order valence-corrected chi connectivity index (χ0v) is 15.7. The van der Waals surface area contributed by atoms with E-state index in [0.717, 1.165) is 0 Å². The third kappa shape index (κ3) is 3.16. The van der Waals surface area contributed by atoms with Gasteiger partial charge in [0, 0.05) is 10.9 Å². The van der Waals surface area contributed by atoms with Crippen LogP contribution in [-0.2, 0) is 4.84 Å². The van der Waals surface area contributed by atoms with E-state index in [1.165, 1.54) is 13.4 Å². The van der Waals surface area contributed by atoms with Gasteiger partial charge in [0.15, 0.2) is 5.52 Å². The lowest BCUT2D eigenvalue weighted by molar-refractivity contribution is -0.0264. The van der Waals surface area contributed by atoms with Crippen LogP contribution in [0.25, 0.3) is 11.2 Å². The van der Waals surface area contributed by atoms with E-state index in [0.29, 0.717) is 33.7 Å². The Morgan fingerprint density at radius 1 is 1.25 bits per heavy atom. The van der Waals surface area contributed by atoms with E-state index in [2.05, 4.69) is 20.1 Å². The minimum Gasteiger partial charge on any atom is -0.397 e. The quantitative estimate of drug-likeness (QED) is 0.477. The van der Waals surface area contributed by atoms with Crippen LogP contribution in [0.1, 0.15) is 24.1 Å². The first-order valence-corrected chi connectivity index (χ1v) is 9.16. The van der Waals surface area contributed by atoms with Gasteiger partial charge in [-0.05, 0) is 24.1 Å². The number of aliphatic hydroxyl groups is 3. The van der Waals surface area contributed by atoms with E-state index in [4.69, 9.17) is 16.4 Å². The summed E-state index contributed by atoms with van der Waals surface area (Å²) in [5, 5.41) is 36.4. The molecule has 1 aromatic carbocycles. The highest BCUT2D eigenvalue weighted by Gasteiger charge is 2.46. The van der Waals surface area contributed by atoms with Gasteiger partial charge in [0.1, 0.15) is 18.9 Å². The highest BCUT2D eigenvalue weighted by molar-refractivity contribution is 6.30. The summed E-state index contributed by atoms with van der Waals surface area (Å²) in [5.74, 6) is -0.552. The van der Waals surface area contributed by atoms with E-state index < -0.39 is 30.3 Å². The number of aromatic amines is 1. The number of hydrogen-bond acceptors (Lipinski definition) is 7. The fraction of sp³-hybridized carbons (Fsp3) is 0.389. The molecule has 0 bridgehead atoms. The van der Waals surface area contributed by atoms with E-state index >= 15 is 0 Å². The van der Waals surface area contributed by atoms with Crippen molar-refractivity contribution in [3.05, 3.63) is 53.0 Å². The van der Waals surface area contributed by atoms with Gasteiger partial charge in [-0.1, -0.05) is 28.9 Å². The molecule has 5 atom stereocenters. The van der Waals surface area contributed by atoms with Gasteiger partial charge in [0.05, 0.1) is 30.9 Å². The average molecular weight is 406 g/mol. The number of benzene rings is 1. The number of rotatable bonds is 4. The molecule has 1 aliphatic rings. The van der Waals surface area contributed by atoms with Crippen molar-refractivity contribution in [1.82, 2.24) is 19.5 Å². The van der Waals surface area contributed by atoms with Crippen LogP contribution < -0.4 is 5.49 Å². The monoisotopic (exact) mass is 405 g/mol. The van der Waals surface area contributed by atoms with Crippen molar-refractivity contribution >= 4 is 22.8 Å². The summed E-state index contributed by atoms with van der Waals surface area (Å²) in [6.07, 6.45) is 0.244. The first-order valence-electron chi connectivity index (χ1n) is 8.78. The molecule has 0 amide bonds. The lowest BCUT2D eigenvalue weighted by Gasteiger charge is -2.22. The summed E-state index contributed by atoms with van der Waals surface area (Å²) in [6, 6.07) is 6.30. The number of aromatic nitrogens is 4. The highest BCUT2D eigenvalue weighted by Crippen LogP contribution is 2.42. The average Bonchev–Trinajstić information content (AvgIpc) is 3.25. The van der Waals surface area contributed by atoms with Gasteiger partial charge in [-0.2, -0.15) is 0 Å². The maximum atomic E-state index is 10.8. The van der Waals surface area contributed by atoms with Crippen molar-refractivity contribution in [2.24, 2.45) is 11.1 Å². The van der Waals surface area contributed by atoms with Gasteiger partial charge < -0.3 is 29.7 Å². The van der Waals surface area contributed by atoms with E-state index in [-0.39, 0.29) is 0 Å². The van der Waals surface area contributed by atoms with Crippen LogP contribution in [-0.4, -0.2) is 54.2 Å². The summed E-state index contributed by atoms with van der Waals surface area (Å²) in [5.41, 5.74) is 2.01. The van der Waals surface area contributed by atoms with Crippen LogP contribution >= 0.6 is 11.6 Å². The Bertz CT molecular complexity index is 1030. The van der Waals surface area contributed by atoms with Crippen molar-refractivity contribution in [2.45, 2.75) is 30.8 Å². The molecule has 1 saturated carbocycles. The van der Waals surface area contributed by atoms with Crippen molar-refractivity contribution < 1.29 is 20.2 Å². The van der Waals surface area contributed by atoms with Crippen molar-refractivity contribution in [3.63, 3.8) is 0 Å². The summed E-state index contributed by atoms with van der Waals surface area (Å²) in [6.45, 7) is 0. The second kappa shape index (κ2) is 7.51. The molecule has 28 heavy (non-hydrogen) atoms. The second-order valence-corrected chi connectivity index (χ2v) is 7.23. The van der Waals surface area contributed by atoms with Gasteiger partial charge in [-0.25, -0.2) is 9.97 Å². The summed E-state index contributed by atoms with van der Waals surface area (Å²) in [7, 11) is 1.42. The summed E-state index contributed by atoms with van der Waals surface area (Å²) >= 11 is 5.90. The van der Waals surface area contributed by atoms with Crippen LogP contribution in [0.4, 0.5) is 0 Å². The third-order valence-electron chi connectivity index (χ3n) is 5.24. The van der Waals surface area contributed by atoms with Gasteiger partial charge in [-0.15, -0.1) is 0 Å². The molecule has 10 heteroatoms. The highest BCUT2D eigenvalue weighted by atomic mass is 35.5. The number of aliphatic hydroxyl groups excluding tert-OH is 3. The lowest BCUT2D eigenvalue weighted by Crippen LogP contribution is -2.31. The third-order valence-corrected chi connectivity index (χ3v) is 5.49. The zero-order valence-electron chi connectivity index (χ0n) is 15.0. The fourth-order valence-corrected chi connectivity index (χ4v) is 3.95. The molecule has 0 spiro atoms. The molecule has 9 nitrogen and oxygen atoms in total. The molecule has 3 aromatic rings. The molecule has 4 rings (SSSR count). The molecule has 1 aliphatic carbocycles. The molecular formula is C18H20ClN5O4. The fourth-order valence-electron chi connectivity index (χ4n) is 3.83. The molecule has 0 unspecified atom stereocenters. The topological polar surface area (TPSA) is 129 Å². The van der Waals surface area contributed by atoms with Crippen molar-refractivity contribution in [1.29, 1.82) is 0 Å². The van der Waals surface area contributed by atoms with Crippen LogP contribution in [0, 0.1) is 5.92 Å². The summed E-state index contributed by atoms with van der Waals surface area (Å²) in [4.78, 5) is 16.2. The van der Waals surface area contributed by atoms with Gasteiger partial charge in [-0.3, -0.25) is 0 Å². The smallest absolute Gasteiger partial charge is 0.222 e. The predicted octanol–water partition coefficient (Wildman–Crippen LogP) is 0.891. The normalized spacial score (nSPS) is 26.7. The first-order chi connectivity index (χ1) is 13.5. The number of H-pyrrole nitrogens is 1.